The molecular formula is C14H27N3O2. The van der Waals surface area contributed by atoms with Crippen molar-refractivity contribution in [3.63, 3.8) is 0 Å². The van der Waals surface area contributed by atoms with Crippen LogP contribution in [0.1, 0.15) is 25.7 Å². The normalized spacial score (nSPS) is 22.7. The van der Waals surface area contributed by atoms with Gasteiger partial charge in [-0.1, -0.05) is 0 Å². The summed E-state index contributed by atoms with van der Waals surface area (Å²) in [6.45, 7) is 7.66. The van der Waals surface area contributed by atoms with Gasteiger partial charge in [-0.15, -0.1) is 0 Å². The number of aliphatic hydroxyl groups is 1. The highest BCUT2D eigenvalue weighted by molar-refractivity contribution is 5.76. The predicted octanol–water partition coefficient (Wildman–Crippen LogP) is -0.0973. The van der Waals surface area contributed by atoms with Crippen molar-refractivity contribution in [2.75, 3.05) is 52.4 Å². The van der Waals surface area contributed by atoms with Gasteiger partial charge in [0.15, 0.2) is 0 Å². The van der Waals surface area contributed by atoms with E-state index in [9.17, 15) is 4.79 Å². The second-order valence-electron chi connectivity index (χ2n) is 5.70. The number of likely N-dealkylation sites (tertiary alicyclic amines) is 1. The van der Waals surface area contributed by atoms with Crippen molar-refractivity contribution in [2.45, 2.75) is 25.7 Å². The van der Waals surface area contributed by atoms with Crippen molar-refractivity contribution in [1.82, 2.24) is 15.1 Å². The molecule has 2 rings (SSSR count). The standard InChI is InChI=1S/C14H27N3O2/c18-11-1-2-14(19)17-7-3-13(4-8-17)12-16-9-5-15-6-10-16/h13,15,18H,1-12H2. The average Bonchev–Trinajstić information content (AvgIpc) is 2.46. The molecule has 0 atom stereocenters. The topological polar surface area (TPSA) is 55.8 Å². The molecule has 2 heterocycles. The third-order valence-electron chi connectivity index (χ3n) is 4.24. The van der Waals surface area contributed by atoms with Gasteiger partial charge < -0.3 is 20.2 Å². The highest BCUT2D eigenvalue weighted by Gasteiger charge is 2.24. The minimum Gasteiger partial charge on any atom is -0.396 e. The van der Waals surface area contributed by atoms with Crippen molar-refractivity contribution >= 4 is 5.91 Å². The zero-order chi connectivity index (χ0) is 13.5. The van der Waals surface area contributed by atoms with E-state index in [0.29, 0.717) is 12.8 Å². The smallest absolute Gasteiger partial charge is 0.222 e. The fraction of sp³-hybridized carbons (Fsp3) is 0.929. The highest BCUT2D eigenvalue weighted by Crippen LogP contribution is 2.19. The highest BCUT2D eigenvalue weighted by atomic mass is 16.3. The molecular weight excluding hydrogens is 242 g/mol. The Kier molecular flexibility index (Phi) is 6.07. The fourth-order valence-corrected chi connectivity index (χ4v) is 3.01. The van der Waals surface area contributed by atoms with Gasteiger partial charge in [0.05, 0.1) is 0 Å². The maximum atomic E-state index is 11.8. The van der Waals surface area contributed by atoms with Gasteiger partial charge in [-0.2, -0.15) is 0 Å². The van der Waals surface area contributed by atoms with Crippen LogP contribution in [0.4, 0.5) is 0 Å². The van der Waals surface area contributed by atoms with Crippen LogP contribution in [0.5, 0.6) is 0 Å². The fourth-order valence-electron chi connectivity index (χ4n) is 3.01. The van der Waals surface area contributed by atoms with E-state index in [2.05, 4.69) is 10.2 Å². The lowest BCUT2D eigenvalue weighted by molar-refractivity contribution is -0.132. The second kappa shape index (κ2) is 7.82. The lowest BCUT2D eigenvalue weighted by Crippen LogP contribution is -2.47. The number of hydrogen-bond acceptors (Lipinski definition) is 4. The van der Waals surface area contributed by atoms with Crippen LogP contribution in [0.15, 0.2) is 0 Å². The van der Waals surface area contributed by atoms with Gasteiger partial charge in [0, 0.05) is 58.8 Å². The van der Waals surface area contributed by atoms with Gasteiger partial charge >= 0.3 is 0 Å². The summed E-state index contributed by atoms with van der Waals surface area (Å²) < 4.78 is 0. The molecule has 5 nitrogen and oxygen atoms in total. The number of nitrogens with zero attached hydrogens (tertiary/aromatic N) is 2. The molecule has 0 spiro atoms. The quantitative estimate of drug-likeness (QED) is 0.732. The number of carbonyl (C=O) groups is 1. The Bertz CT molecular complexity index is 272. The van der Waals surface area contributed by atoms with Crippen LogP contribution in [0, 0.1) is 5.92 Å². The summed E-state index contributed by atoms with van der Waals surface area (Å²) in [6, 6.07) is 0. The molecule has 0 radical (unpaired) electrons. The first-order valence-electron chi connectivity index (χ1n) is 7.61. The molecule has 0 aromatic carbocycles. The van der Waals surface area contributed by atoms with E-state index in [1.54, 1.807) is 0 Å². The minimum absolute atomic E-state index is 0.116. The Morgan fingerprint density at radius 1 is 1.16 bits per heavy atom. The summed E-state index contributed by atoms with van der Waals surface area (Å²) in [4.78, 5) is 16.4. The lowest BCUT2D eigenvalue weighted by Gasteiger charge is -2.36. The summed E-state index contributed by atoms with van der Waals surface area (Å²) in [5.74, 6) is 0.967. The molecule has 110 valence electrons. The first-order valence-corrected chi connectivity index (χ1v) is 7.61. The Morgan fingerprint density at radius 3 is 2.47 bits per heavy atom. The van der Waals surface area contributed by atoms with Gasteiger partial charge in [0.1, 0.15) is 0 Å². The molecule has 0 bridgehead atoms. The molecule has 0 saturated carbocycles. The number of piperidine rings is 1. The number of amides is 1. The number of nitrogens with one attached hydrogen (secondary N) is 1. The molecule has 2 aliphatic heterocycles. The molecule has 0 aromatic rings. The Labute approximate surface area is 115 Å². The molecule has 0 unspecified atom stereocenters. The molecule has 0 aliphatic carbocycles. The van der Waals surface area contributed by atoms with Gasteiger partial charge in [-0.3, -0.25) is 4.79 Å². The van der Waals surface area contributed by atoms with E-state index in [1.807, 2.05) is 4.90 Å². The molecule has 5 heteroatoms. The molecule has 2 N–H and O–H groups in total. The number of hydrogen-bond donors (Lipinski definition) is 2. The van der Waals surface area contributed by atoms with E-state index in [4.69, 9.17) is 5.11 Å². The first-order chi connectivity index (χ1) is 9.29. The molecule has 1 amide bonds. The number of aliphatic hydroxyl groups excluding tert-OH is 1. The van der Waals surface area contributed by atoms with Crippen LogP contribution in [0.25, 0.3) is 0 Å². The maximum absolute atomic E-state index is 11.8. The monoisotopic (exact) mass is 269 g/mol. The summed E-state index contributed by atoms with van der Waals surface area (Å²) in [5, 5.41) is 12.1. The van der Waals surface area contributed by atoms with E-state index in [1.165, 1.54) is 6.54 Å². The summed E-state index contributed by atoms with van der Waals surface area (Å²) in [7, 11) is 0. The average molecular weight is 269 g/mol. The van der Waals surface area contributed by atoms with E-state index >= 15 is 0 Å². The Hall–Kier alpha value is -0.650. The van der Waals surface area contributed by atoms with Gasteiger partial charge in [0.2, 0.25) is 5.91 Å². The molecule has 2 aliphatic rings. The first kappa shape index (κ1) is 14.8. The van der Waals surface area contributed by atoms with Crippen molar-refractivity contribution in [1.29, 1.82) is 0 Å². The Morgan fingerprint density at radius 2 is 1.84 bits per heavy atom. The second-order valence-corrected chi connectivity index (χ2v) is 5.70. The summed E-state index contributed by atoms with van der Waals surface area (Å²) in [6.07, 6.45) is 3.36. The molecule has 19 heavy (non-hydrogen) atoms. The zero-order valence-corrected chi connectivity index (χ0v) is 11.8. The van der Waals surface area contributed by atoms with Crippen molar-refractivity contribution < 1.29 is 9.90 Å². The van der Waals surface area contributed by atoms with E-state index < -0.39 is 0 Å². The Balaban J connectivity index is 1.65. The SMILES string of the molecule is O=C(CCCO)N1CCC(CN2CCNCC2)CC1. The van der Waals surface area contributed by atoms with Gasteiger partial charge in [-0.25, -0.2) is 0 Å². The minimum atomic E-state index is 0.116. The van der Waals surface area contributed by atoms with Gasteiger partial charge in [0.25, 0.3) is 0 Å². The van der Waals surface area contributed by atoms with Crippen molar-refractivity contribution in [3.05, 3.63) is 0 Å². The van der Waals surface area contributed by atoms with Gasteiger partial charge in [-0.05, 0) is 25.2 Å². The van der Waals surface area contributed by atoms with Crippen LogP contribution in [0.2, 0.25) is 0 Å². The van der Waals surface area contributed by atoms with E-state index in [-0.39, 0.29) is 12.5 Å². The largest absolute Gasteiger partial charge is 0.396 e. The summed E-state index contributed by atoms with van der Waals surface area (Å²) in [5.41, 5.74) is 0. The number of rotatable bonds is 5. The lowest BCUT2D eigenvalue weighted by atomic mass is 9.95. The van der Waals surface area contributed by atoms with Crippen LogP contribution in [0.3, 0.4) is 0 Å². The van der Waals surface area contributed by atoms with Crippen LogP contribution < -0.4 is 5.32 Å². The van der Waals surface area contributed by atoms with Crippen LogP contribution in [-0.4, -0.2) is 73.2 Å². The predicted molar refractivity (Wildman–Crippen MR) is 74.9 cm³/mol. The molecule has 2 saturated heterocycles. The zero-order valence-electron chi connectivity index (χ0n) is 11.8. The molecule has 0 aromatic heterocycles. The van der Waals surface area contributed by atoms with Crippen LogP contribution >= 0.6 is 0 Å². The van der Waals surface area contributed by atoms with Crippen LogP contribution in [-0.2, 0) is 4.79 Å². The van der Waals surface area contributed by atoms with Crippen molar-refractivity contribution in [2.24, 2.45) is 5.92 Å². The van der Waals surface area contributed by atoms with E-state index in [0.717, 1.165) is 58.0 Å². The summed E-state index contributed by atoms with van der Waals surface area (Å²) >= 11 is 0. The molecule has 2 fully saturated rings. The number of piperazine rings is 1. The maximum Gasteiger partial charge on any atom is 0.222 e. The van der Waals surface area contributed by atoms with Crippen molar-refractivity contribution in [3.8, 4) is 0 Å². The number of carbonyl (C=O) groups excluding carboxylic acids is 1. The third-order valence-corrected chi connectivity index (χ3v) is 4.24. The third kappa shape index (κ3) is 4.75.